The Morgan fingerprint density at radius 3 is 2.26 bits per heavy atom. The fraction of sp³-hybridized carbons (Fsp3) is 0.250. The molecule has 0 bridgehead atoms. The smallest absolute Gasteiger partial charge is 0.155 e. The van der Waals surface area contributed by atoms with Crippen LogP contribution >= 0.6 is 11.6 Å². The summed E-state index contributed by atoms with van der Waals surface area (Å²) in [6, 6.07) is 8.86. The van der Waals surface area contributed by atoms with Gasteiger partial charge in [-0.15, -0.1) is 0 Å². The number of carbonyl (C=O) groups excluding carboxylic acids is 1. The first kappa shape index (κ1) is 17.4. The zero-order valence-electron chi connectivity index (χ0n) is 14.1. The SMILES string of the molecule is CC(=O)/C(C)=C(\C)c1cc(Cl)cc(-c2ccc(C)c(F)c2)c1C. The van der Waals surface area contributed by atoms with Crippen LogP contribution in [0, 0.1) is 19.7 Å². The second kappa shape index (κ2) is 6.67. The number of benzene rings is 2. The quantitative estimate of drug-likeness (QED) is 0.617. The van der Waals surface area contributed by atoms with Crippen molar-refractivity contribution in [3.05, 3.63) is 63.4 Å². The highest BCUT2D eigenvalue weighted by Gasteiger charge is 2.13. The van der Waals surface area contributed by atoms with Gasteiger partial charge >= 0.3 is 0 Å². The van der Waals surface area contributed by atoms with E-state index in [1.165, 1.54) is 6.07 Å². The van der Waals surface area contributed by atoms with Crippen LogP contribution in [0.1, 0.15) is 37.5 Å². The minimum atomic E-state index is -0.240. The van der Waals surface area contributed by atoms with E-state index in [-0.39, 0.29) is 11.6 Å². The number of ketones is 1. The Kier molecular flexibility index (Phi) is 5.06. The lowest BCUT2D eigenvalue weighted by Crippen LogP contribution is -1.99. The molecule has 0 aromatic heterocycles. The maximum Gasteiger partial charge on any atom is 0.155 e. The second-order valence-electron chi connectivity index (χ2n) is 5.90. The van der Waals surface area contributed by atoms with E-state index in [9.17, 15) is 9.18 Å². The van der Waals surface area contributed by atoms with Crippen LogP contribution in [0.4, 0.5) is 4.39 Å². The molecule has 0 radical (unpaired) electrons. The lowest BCUT2D eigenvalue weighted by atomic mass is 9.90. The molecular formula is C20H20ClFO. The monoisotopic (exact) mass is 330 g/mol. The fourth-order valence-electron chi connectivity index (χ4n) is 2.59. The van der Waals surface area contributed by atoms with Crippen LogP contribution in [-0.4, -0.2) is 5.78 Å². The van der Waals surface area contributed by atoms with Gasteiger partial charge in [0.15, 0.2) is 5.78 Å². The summed E-state index contributed by atoms with van der Waals surface area (Å²) < 4.78 is 13.9. The van der Waals surface area contributed by atoms with Gasteiger partial charge in [0.1, 0.15) is 5.82 Å². The van der Waals surface area contributed by atoms with Crippen molar-refractivity contribution in [1.29, 1.82) is 0 Å². The van der Waals surface area contributed by atoms with Crippen molar-refractivity contribution in [2.75, 3.05) is 0 Å². The standard InChI is InChI=1S/C20H20ClFO/c1-11-6-7-16(8-20(11)22)19-10-17(21)9-18(14(19)4)13(3)12(2)15(5)23/h6-10H,1-5H3/b13-12+. The largest absolute Gasteiger partial charge is 0.295 e. The minimum Gasteiger partial charge on any atom is -0.295 e. The van der Waals surface area contributed by atoms with Crippen molar-refractivity contribution in [2.45, 2.75) is 34.6 Å². The van der Waals surface area contributed by atoms with Crippen LogP contribution in [0.25, 0.3) is 16.7 Å². The van der Waals surface area contributed by atoms with Gasteiger partial charge in [-0.05, 0) is 91.8 Å². The Morgan fingerprint density at radius 2 is 1.70 bits per heavy atom. The normalized spacial score (nSPS) is 12.1. The zero-order valence-corrected chi connectivity index (χ0v) is 14.8. The Morgan fingerprint density at radius 1 is 1.04 bits per heavy atom. The highest BCUT2D eigenvalue weighted by molar-refractivity contribution is 6.31. The molecule has 0 amide bonds. The fourth-order valence-corrected chi connectivity index (χ4v) is 2.81. The van der Waals surface area contributed by atoms with Crippen molar-refractivity contribution in [1.82, 2.24) is 0 Å². The third-order valence-electron chi connectivity index (χ3n) is 4.35. The number of carbonyl (C=O) groups is 1. The lowest BCUT2D eigenvalue weighted by molar-refractivity contribution is -0.113. The van der Waals surface area contributed by atoms with Crippen molar-refractivity contribution >= 4 is 23.0 Å². The molecule has 0 heterocycles. The van der Waals surface area contributed by atoms with Crippen molar-refractivity contribution in [3.8, 4) is 11.1 Å². The van der Waals surface area contributed by atoms with E-state index < -0.39 is 0 Å². The summed E-state index contributed by atoms with van der Waals surface area (Å²) in [7, 11) is 0. The number of halogens is 2. The van der Waals surface area contributed by atoms with Gasteiger partial charge in [-0.2, -0.15) is 0 Å². The van der Waals surface area contributed by atoms with E-state index in [2.05, 4.69) is 0 Å². The minimum absolute atomic E-state index is 0.0322. The van der Waals surface area contributed by atoms with E-state index in [0.717, 1.165) is 27.8 Å². The van der Waals surface area contributed by atoms with Crippen LogP contribution in [0.15, 0.2) is 35.9 Å². The molecule has 0 aliphatic rings. The van der Waals surface area contributed by atoms with Gasteiger partial charge in [-0.3, -0.25) is 4.79 Å². The maximum atomic E-state index is 13.9. The summed E-state index contributed by atoms with van der Waals surface area (Å²) in [5.41, 5.74) is 5.77. The molecule has 0 unspecified atom stereocenters. The predicted molar refractivity (Wildman–Crippen MR) is 95.3 cm³/mol. The van der Waals surface area contributed by atoms with Crippen LogP contribution in [0.3, 0.4) is 0 Å². The highest BCUT2D eigenvalue weighted by Crippen LogP contribution is 2.34. The molecule has 0 fully saturated rings. The van der Waals surface area contributed by atoms with E-state index in [0.29, 0.717) is 16.2 Å². The summed E-state index contributed by atoms with van der Waals surface area (Å²) in [6.45, 7) is 8.97. The third kappa shape index (κ3) is 3.53. The molecule has 2 rings (SSSR count). The zero-order chi connectivity index (χ0) is 17.3. The van der Waals surface area contributed by atoms with Gasteiger partial charge in [0.05, 0.1) is 0 Å². The first-order chi connectivity index (χ1) is 10.7. The van der Waals surface area contributed by atoms with E-state index in [1.807, 2.05) is 39.0 Å². The van der Waals surface area contributed by atoms with Gasteiger partial charge in [0, 0.05) is 5.02 Å². The predicted octanol–water partition coefficient (Wildman–Crippen LogP) is 6.15. The first-order valence-corrected chi connectivity index (χ1v) is 7.85. The molecule has 120 valence electrons. The van der Waals surface area contributed by atoms with Crippen LogP contribution in [-0.2, 0) is 4.79 Å². The van der Waals surface area contributed by atoms with Crippen molar-refractivity contribution < 1.29 is 9.18 Å². The summed E-state index contributed by atoms with van der Waals surface area (Å²) >= 11 is 6.27. The van der Waals surface area contributed by atoms with E-state index >= 15 is 0 Å². The van der Waals surface area contributed by atoms with Crippen molar-refractivity contribution in [2.24, 2.45) is 0 Å². The van der Waals surface area contributed by atoms with Gasteiger partial charge in [0.25, 0.3) is 0 Å². The second-order valence-corrected chi connectivity index (χ2v) is 6.33. The number of allylic oxidation sites excluding steroid dienone is 2. The number of rotatable bonds is 3. The summed E-state index contributed by atoms with van der Waals surface area (Å²) in [6.07, 6.45) is 0. The lowest BCUT2D eigenvalue weighted by Gasteiger charge is -2.15. The van der Waals surface area contributed by atoms with Gasteiger partial charge in [-0.25, -0.2) is 4.39 Å². The number of hydrogen-bond acceptors (Lipinski definition) is 1. The number of hydrogen-bond donors (Lipinski definition) is 0. The maximum absolute atomic E-state index is 13.9. The molecule has 0 aliphatic heterocycles. The third-order valence-corrected chi connectivity index (χ3v) is 4.57. The summed E-state index contributed by atoms with van der Waals surface area (Å²) in [5, 5.41) is 0.567. The van der Waals surface area contributed by atoms with Crippen molar-refractivity contribution in [3.63, 3.8) is 0 Å². The van der Waals surface area contributed by atoms with E-state index in [1.54, 1.807) is 19.9 Å². The molecule has 0 spiro atoms. The molecular weight excluding hydrogens is 311 g/mol. The molecule has 2 aromatic rings. The summed E-state index contributed by atoms with van der Waals surface area (Å²) in [5.74, 6) is -0.208. The first-order valence-electron chi connectivity index (χ1n) is 7.47. The molecule has 3 heteroatoms. The Balaban J connectivity index is 2.71. The van der Waals surface area contributed by atoms with Crippen LogP contribution in [0.5, 0.6) is 0 Å². The molecule has 0 aliphatic carbocycles. The Bertz CT molecular complexity index is 819. The molecule has 2 aromatic carbocycles. The molecule has 0 atom stereocenters. The summed E-state index contributed by atoms with van der Waals surface area (Å²) in [4.78, 5) is 11.7. The highest BCUT2D eigenvalue weighted by atomic mass is 35.5. The molecule has 0 saturated carbocycles. The van der Waals surface area contributed by atoms with Crippen LogP contribution < -0.4 is 0 Å². The number of aryl methyl sites for hydroxylation is 1. The molecule has 0 N–H and O–H groups in total. The Labute approximate surface area is 141 Å². The molecule has 23 heavy (non-hydrogen) atoms. The topological polar surface area (TPSA) is 17.1 Å². The molecule has 0 saturated heterocycles. The number of Topliss-reactive ketones (excluding diaryl/α,β-unsaturated/α-hetero) is 1. The Hall–Kier alpha value is -1.93. The van der Waals surface area contributed by atoms with E-state index in [4.69, 9.17) is 11.6 Å². The average Bonchev–Trinajstić information content (AvgIpc) is 2.50. The average molecular weight is 331 g/mol. The van der Waals surface area contributed by atoms with Gasteiger partial charge in [0.2, 0.25) is 0 Å². The molecule has 1 nitrogen and oxygen atoms in total. The van der Waals surface area contributed by atoms with Crippen LogP contribution in [0.2, 0.25) is 5.02 Å². The van der Waals surface area contributed by atoms with Gasteiger partial charge in [-0.1, -0.05) is 23.7 Å². The van der Waals surface area contributed by atoms with Gasteiger partial charge < -0.3 is 0 Å².